The average Bonchev–Trinajstić information content (AvgIpc) is 3.21. The molecular formula is C22H24FN5O5. The Morgan fingerprint density at radius 2 is 2.09 bits per heavy atom. The third kappa shape index (κ3) is 5.76. The number of carbonyl (C=O) groups is 2. The Morgan fingerprint density at radius 3 is 2.73 bits per heavy atom. The second kappa shape index (κ2) is 10.4. The van der Waals surface area contributed by atoms with Crippen molar-refractivity contribution < 1.29 is 28.2 Å². The van der Waals surface area contributed by atoms with Crippen molar-refractivity contribution in [1.82, 2.24) is 9.80 Å². The topological polar surface area (TPSA) is 142 Å². The smallest absolute Gasteiger partial charge is 0.409 e. The fourth-order valence-electron chi connectivity index (χ4n) is 3.07. The molecule has 0 aromatic heterocycles. The van der Waals surface area contributed by atoms with Crippen LogP contribution in [0.2, 0.25) is 0 Å². The highest BCUT2D eigenvalue weighted by Crippen LogP contribution is 2.31. The zero-order valence-corrected chi connectivity index (χ0v) is 18.0. The Morgan fingerprint density at radius 1 is 1.30 bits per heavy atom. The van der Waals surface area contributed by atoms with E-state index in [1.54, 1.807) is 4.90 Å². The molecule has 2 aromatic carbocycles. The Labute approximate surface area is 189 Å². The Kier molecular flexibility index (Phi) is 7.44. The molecule has 1 heterocycles. The molecule has 1 fully saturated rings. The minimum absolute atomic E-state index is 0.0164. The van der Waals surface area contributed by atoms with E-state index in [0.29, 0.717) is 31.7 Å². The van der Waals surface area contributed by atoms with Crippen LogP contribution in [0.4, 0.5) is 9.18 Å². The minimum atomic E-state index is -0.772. The summed E-state index contributed by atoms with van der Waals surface area (Å²) in [6.45, 7) is 1.69. The van der Waals surface area contributed by atoms with Crippen LogP contribution in [0.15, 0.2) is 36.4 Å². The second-order valence-electron chi connectivity index (χ2n) is 7.16. The van der Waals surface area contributed by atoms with E-state index >= 15 is 0 Å². The van der Waals surface area contributed by atoms with Gasteiger partial charge in [-0.25, -0.2) is 9.18 Å². The molecular weight excluding hydrogens is 433 g/mol. The third-order valence-corrected chi connectivity index (χ3v) is 4.88. The van der Waals surface area contributed by atoms with Crippen molar-refractivity contribution in [2.24, 2.45) is 5.73 Å². The largest absolute Gasteiger partial charge is 0.493 e. The van der Waals surface area contributed by atoms with E-state index in [-0.39, 0.29) is 41.3 Å². The molecule has 3 rings (SSSR count). The van der Waals surface area contributed by atoms with E-state index in [4.69, 9.17) is 30.8 Å². The van der Waals surface area contributed by atoms with Crippen LogP contribution in [-0.4, -0.2) is 67.3 Å². The molecule has 0 aliphatic carbocycles. The van der Waals surface area contributed by atoms with E-state index in [1.165, 1.54) is 42.3 Å². The first kappa shape index (κ1) is 23.5. The van der Waals surface area contributed by atoms with Crippen LogP contribution in [0.1, 0.15) is 22.3 Å². The second-order valence-corrected chi connectivity index (χ2v) is 7.16. The summed E-state index contributed by atoms with van der Waals surface area (Å²) < 4.78 is 30.6. The lowest BCUT2D eigenvalue weighted by Crippen LogP contribution is -2.26. The summed E-state index contributed by atoms with van der Waals surface area (Å²) in [6.07, 6.45) is 1.17. The standard InChI is InChI=1S/C22H24FN5O5/c1-27(13-24)20(25)14-3-5-16(21(26)29)19(11-14)33-18-6-4-15(12-17(18)23)31-9-2-7-28-8-10-32-22(28)30/h3-6,11-13,24-25H,2,7-10H2,1H3,(H2,26,29). The van der Waals surface area contributed by atoms with E-state index in [9.17, 15) is 14.0 Å². The monoisotopic (exact) mass is 457 g/mol. The lowest BCUT2D eigenvalue weighted by Gasteiger charge is -2.16. The van der Waals surface area contributed by atoms with Crippen molar-refractivity contribution in [3.05, 3.63) is 53.3 Å². The fourth-order valence-corrected chi connectivity index (χ4v) is 3.07. The highest BCUT2D eigenvalue weighted by Gasteiger charge is 2.21. The number of primary amides is 1. The SMILES string of the molecule is CN(C=N)C(=N)c1ccc(C(N)=O)c(Oc2ccc(OCCCN3CCOC3=O)cc2F)c1. The zero-order valence-electron chi connectivity index (χ0n) is 18.0. The van der Waals surface area contributed by atoms with Gasteiger partial charge in [-0.05, 0) is 30.7 Å². The summed E-state index contributed by atoms with van der Waals surface area (Å²) in [4.78, 5) is 26.0. The molecule has 0 saturated carbocycles. The molecule has 2 amide bonds. The summed E-state index contributed by atoms with van der Waals surface area (Å²) in [7, 11) is 1.52. The van der Waals surface area contributed by atoms with E-state index < -0.39 is 11.7 Å². The van der Waals surface area contributed by atoms with E-state index in [1.807, 2.05) is 0 Å². The fraction of sp³-hybridized carbons (Fsp3) is 0.273. The predicted octanol–water partition coefficient (Wildman–Crippen LogP) is 2.80. The lowest BCUT2D eigenvalue weighted by molar-refractivity contribution is 0.0998. The molecule has 0 atom stereocenters. The van der Waals surface area contributed by atoms with Gasteiger partial charge in [-0.3, -0.25) is 15.6 Å². The molecule has 0 radical (unpaired) electrons. The molecule has 1 aliphatic rings. The number of amidine groups is 1. The van der Waals surface area contributed by atoms with Crippen molar-refractivity contribution in [3.63, 3.8) is 0 Å². The predicted molar refractivity (Wildman–Crippen MR) is 118 cm³/mol. The number of nitrogens with zero attached hydrogens (tertiary/aromatic N) is 2. The van der Waals surface area contributed by atoms with Gasteiger partial charge >= 0.3 is 6.09 Å². The summed E-state index contributed by atoms with van der Waals surface area (Å²) >= 11 is 0. The van der Waals surface area contributed by atoms with Crippen LogP contribution >= 0.6 is 0 Å². The average molecular weight is 457 g/mol. The van der Waals surface area contributed by atoms with Crippen LogP contribution in [0.25, 0.3) is 0 Å². The van der Waals surface area contributed by atoms with Gasteiger partial charge < -0.3 is 29.7 Å². The number of cyclic esters (lactones) is 1. The first-order valence-corrected chi connectivity index (χ1v) is 10.1. The molecule has 0 unspecified atom stereocenters. The summed E-state index contributed by atoms with van der Waals surface area (Å²) in [5.41, 5.74) is 5.77. The number of benzene rings is 2. The Balaban J connectivity index is 1.68. The minimum Gasteiger partial charge on any atom is -0.493 e. The molecule has 1 aliphatic heterocycles. The number of ether oxygens (including phenoxy) is 3. The summed E-state index contributed by atoms with van der Waals surface area (Å²) in [5, 5.41) is 15.4. The number of halogens is 1. The summed E-state index contributed by atoms with van der Waals surface area (Å²) in [6, 6.07) is 8.28. The normalized spacial score (nSPS) is 12.8. The molecule has 174 valence electrons. The molecule has 1 saturated heterocycles. The van der Waals surface area contributed by atoms with E-state index in [0.717, 1.165) is 12.4 Å². The maximum absolute atomic E-state index is 14.6. The van der Waals surface area contributed by atoms with E-state index in [2.05, 4.69) is 0 Å². The summed E-state index contributed by atoms with van der Waals surface area (Å²) in [5.74, 6) is -1.41. The number of amides is 2. The van der Waals surface area contributed by atoms with Crippen LogP contribution in [-0.2, 0) is 4.74 Å². The third-order valence-electron chi connectivity index (χ3n) is 4.88. The quantitative estimate of drug-likeness (QED) is 0.284. The molecule has 33 heavy (non-hydrogen) atoms. The van der Waals surface area contributed by atoms with Crippen LogP contribution in [0.5, 0.6) is 17.2 Å². The lowest BCUT2D eigenvalue weighted by atomic mass is 10.1. The zero-order chi connectivity index (χ0) is 24.0. The highest BCUT2D eigenvalue weighted by atomic mass is 19.1. The molecule has 0 spiro atoms. The van der Waals surface area contributed by atoms with Crippen LogP contribution in [0, 0.1) is 16.6 Å². The Bertz CT molecular complexity index is 1080. The van der Waals surface area contributed by atoms with Crippen molar-refractivity contribution in [2.45, 2.75) is 6.42 Å². The van der Waals surface area contributed by atoms with Gasteiger partial charge in [0.25, 0.3) is 5.91 Å². The number of carbonyl (C=O) groups excluding carboxylic acids is 2. The van der Waals surface area contributed by atoms with Crippen LogP contribution < -0.4 is 15.2 Å². The number of nitrogens with two attached hydrogens (primary N) is 1. The molecule has 4 N–H and O–H groups in total. The number of hydrogen-bond donors (Lipinski definition) is 3. The van der Waals surface area contributed by atoms with Gasteiger partial charge in [0.1, 0.15) is 23.9 Å². The molecule has 2 aromatic rings. The number of nitrogens with one attached hydrogen (secondary N) is 2. The van der Waals surface area contributed by atoms with Gasteiger partial charge in [-0.2, -0.15) is 0 Å². The van der Waals surface area contributed by atoms with Crippen molar-refractivity contribution in [3.8, 4) is 17.2 Å². The highest BCUT2D eigenvalue weighted by molar-refractivity contribution is 6.03. The Hall–Kier alpha value is -4.15. The maximum Gasteiger partial charge on any atom is 0.409 e. The molecule has 10 nitrogen and oxygen atoms in total. The molecule has 0 bridgehead atoms. The van der Waals surface area contributed by atoms with Gasteiger partial charge in [0.2, 0.25) is 0 Å². The number of hydrogen-bond acceptors (Lipinski definition) is 7. The van der Waals surface area contributed by atoms with Crippen molar-refractivity contribution >= 4 is 24.2 Å². The molecule has 11 heteroatoms. The first-order chi connectivity index (χ1) is 15.8. The van der Waals surface area contributed by atoms with Crippen LogP contribution in [0.3, 0.4) is 0 Å². The van der Waals surface area contributed by atoms with Gasteiger partial charge in [0, 0.05) is 25.2 Å². The number of rotatable bonds is 10. The maximum atomic E-state index is 14.6. The van der Waals surface area contributed by atoms with Gasteiger partial charge in [-0.15, -0.1) is 0 Å². The van der Waals surface area contributed by atoms with Gasteiger partial charge in [0.05, 0.1) is 25.1 Å². The van der Waals surface area contributed by atoms with Gasteiger partial charge in [-0.1, -0.05) is 6.07 Å². The van der Waals surface area contributed by atoms with Gasteiger partial charge in [0.15, 0.2) is 11.6 Å². The first-order valence-electron chi connectivity index (χ1n) is 10.1. The van der Waals surface area contributed by atoms with Crippen molar-refractivity contribution in [1.29, 1.82) is 10.8 Å². The van der Waals surface area contributed by atoms with Crippen molar-refractivity contribution in [2.75, 3.05) is 33.4 Å².